The summed E-state index contributed by atoms with van der Waals surface area (Å²) in [5, 5.41) is 6.37. The lowest BCUT2D eigenvalue weighted by molar-refractivity contribution is -0.125. The number of nitrogens with zero attached hydrogens (tertiary/aromatic N) is 1. The summed E-state index contributed by atoms with van der Waals surface area (Å²) in [6.07, 6.45) is 2.09. The summed E-state index contributed by atoms with van der Waals surface area (Å²) in [6, 6.07) is 8.31. The minimum Gasteiger partial charge on any atom is -0.352 e. The summed E-state index contributed by atoms with van der Waals surface area (Å²) in [5.41, 5.74) is 2.48. The van der Waals surface area contributed by atoms with Crippen molar-refractivity contribution in [2.45, 2.75) is 25.9 Å². The Bertz CT molecular complexity index is 449. The molecule has 0 radical (unpaired) electrons. The molecule has 4 nitrogen and oxygen atoms in total. The molecule has 1 saturated heterocycles. The molecule has 0 unspecified atom stereocenters. The monoisotopic (exact) mass is 347 g/mol. The average Bonchev–Trinajstić information content (AvgIpc) is 2.46. The van der Waals surface area contributed by atoms with E-state index < -0.39 is 0 Å². The van der Waals surface area contributed by atoms with E-state index in [1.54, 1.807) is 0 Å². The van der Waals surface area contributed by atoms with E-state index in [2.05, 4.69) is 47.8 Å². The van der Waals surface area contributed by atoms with Gasteiger partial charge in [-0.15, -0.1) is 24.8 Å². The summed E-state index contributed by atoms with van der Waals surface area (Å²) in [4.78, 5) is 14.3. The summed E-state index contributed by atoms with van der Waals surface area (Å²) in [7, 11) is 4.12. The summed E-state index contributed by atoms with van der Waals surface area (Å²) >= 11 is 0. The van der Waals surface area contributed by atoms with E-state index >= 15 is 0 Å². The Morgan fingerprint density at radius 2 is 1.95 bits per heavy atom. The number of benzene rings is 1. The molecule has 126 valence electrons. The van der Waals surface area contributed by atoms with Crippen LogP contribution in [0, 0.1) is 5.92 Å². The number of amides is 1. The standard InChI is InChI=1S/C16H25N3O.2ClH/c1-19(2)12-15-7-4-3-6-13(15)11-18-16(20)14-8-5-9-17-10-14;;/h3-4,6-7,14,17H,5,8-12H2,1-2H3,(H,18,20);2*1H/t14-;;/m1../s1. The van der Waals surface area contributed by atoms with Gasteiger partial charge in [0.2, 0.25) is 5.91 Å². The van der Waals surface area contributed by atoms with Gasteiger partial charge in [0.05, 0.1) is 5.92 Å². The first kappa shape index (κ1) is 21.2. The van der Waals surface area contributed by atoms with Crippen LogP contribution in [0.5, 0.6) is 0 Å². The van der Waals surface area contributed by atoms with Crippen LogP contribution in [0.25, 0.3) is 0 Å². The van der Waals surface area contributed by atoms with Gasteiger partial charge in [-0.1, -0.05) is 24.3 Å². The molecule has 1 aromatic carbocycles. The number of nitrogens with one attached hydrogen (secondary N) is 2. The van der Waals surface area contributed by atoms with Crippen LogP contribution >= 0.6 is 24.8 Å². The van der Waals surface area contributed by atoms with Gasteiger partial charge in [0.1, 0.15) is 0 Å². The molecule has 1 fully saturated rings. The van der Waals surface area contributed by atoms with Crippen molar-refractivity contribution in [1.82, 2.24) is 15.5 Å². The molecule has 0 bridgehead atoms. The van der Waals surface area contributed by atoms with Gasteiger partial charge in [-0.2, -0.15) is 0 Å². The zero-order chi connectivity index (χ0) is 14.4. The topological polar surface area (TPSA) is 44.4 Å². The molecule has 2 rings (SSSR count). The van der Waals surface area contributed by atoms with Crippen LogP contribution in [-0.2, 0) is 17.9 Å². The average molecular weight is 348 g/mol. The molecule has 1 atom stereocenters. The molecule has 1 aliphatic heterocycles. The highest BCUT2D eigenvalue weighted by molar-refractivity contribution is 5.85. The predicted molar refractivity (Wildman–Crippen MR) is 95.8 cm³/mol. The Kier molecular flexibility index (Phi) is 10.4. The number of hydrogen-bond acceptors (Lipinski definition) is 3. The van der Waals surface area contributed by atoms with E-state index in [4.69, 9.17) is 0 Å². The Hall–Kier alpha value is -0.810. The lowest BCUT2D eigenvalue weighted by atomic mass is 9.98. The van der Waals surface area contributed by atoms with Gasteiger partial charge < -0.3 is 15.5 Å². The predicted octanol–water partition coefficient (Wildman–Crippen LogP) is 2.21. The first-order valence-corrected chi connectivity index (χ1v) is 7.37. The third kappa shape index (κ3) is 6.53. The van der Waals surface area contributed by atoms with Gasteiger partial charge in [-0.25, -0.2) is 0 Å². The molecule has 1 amide bonds. The van der Waals surface area contributed by atoms with Gasteiger partial charge >= 0.3 is 0 Å². The van der Waals surface area contributed by atoms with Crippen LogP contribution in [-0.4, -0.2) is 38.0 Å². The van der Waals surface area contributed by atoms with E-state index in [-0.39, 0.29) is 36.6 Å². The van der Waals surface area contributed by atoms with Crippen molar-refractivity contribution in [3.8, 4) is 0 Å². The lowest BCUT2D eigenvalue weighted by Crippen LogP contribution is -2.40. The maximum atomic E-state index is 12.1. The van der Waals surface area contributed by atoms with Crippen molar-refractivity contribution in [3.05, 3.63) is 35.4 Å². The molecular formula is C16H27Cl2N3O. The van der Waals surface area contributed by atoms with Crippen LogP contribution in [0.2, 0.25) is 0 Å². The minimum absolute atomic E-state index is 0. The Balaban J connectivity index is 0.00000220. The third-order valence-corrected chi connectivity index (χ3v) is 3.73. The number of carbonyl (C=O) groups is 1. The van der Waals surface area contributed by atoms with Gasteiger partial charge in [0.25, 0.3) is 0 Å². The molecule has 22 heavy (non-hydrogen) atoms. The fraction of sp³-hybridized carbons (Fsp3) is 0.562. The largest absolute Gasteiger partial charge is 0.352 e. The highest BCUT2D eigenvalue weighted by Crippen LogP contribution is 2.13. The van der Waals surface area contributed by atoms with Gasteiger partial charge in [-0.3, -0.25) is 4.79 Å². The minimum atomic E-state index is 0. The quantitative estimate of drug-likeness (QED) is 0.858. The second-order valence-electron chi connectivity index (χ2n) is 5.77. The van der Waals surface area contributed by atoms with E-state index in [1.807, 2.05) is 6.07 Å². The summed E-state index contributed by atoms with van der Waals surface area (Å²) < 4.78 is 0. The molecule has 6 heteroatoms. The highest BCUT2D eigenvalue weighted by Gasteiger charge is 2.20. The van der Waals surface area contributed by atoms with Crippen LogP contribution in [0.1, 0.15) is 24.0 Å². The van der Waals surface area contributed by atoms with Crippen molar-refractivity contribution in [1.29, 1.82) is 0 Å². The fourth-order valence-electron chi connectivity index (χ4n) is 2.63. The normalized spacial score (nSPS) is 17.3. The summed E-state index contributed by atoms with van der Waals surface area (Å²) in [6.45, 7) is 3.37. The maximum Gasteiger partial charge on any atom is 0.224 e. The molecular weight excluding hydrogens is 321 g/mol. The van der Waals surface area contributed by atoms with Crippen molar-refractivity contribution in [2.24, 2.45) is 5.92 Å². The SMILES string of the molecule is CN(C)Cc1ccccc1CNC(=O)[C@@H]1CCCNC1.Cl.Cl. The van der Waals surface area contributed by atoms with Crippen molar-refractivity contribution < 1.29 is 4.79 Å². The van der Waals surface area contributed by atoms with Crippen LogP contribution < -0.4 is 10.6 Å². The molecule has 0 aliphatic carbocycles. The van der Waals surface area contributed by atoms with Crippen LogP contribution in [0.3, 0.4) is 0 Å². The number of carbonyl (C=O) groups excluding carboxylic acids is 1. The Labute approximate surface area is 145 Å². The molecule has 1 heterocycles. The van der Waals surface area contributed by atoms with Gasteiger partial charge in [0, 0.05) is 19.6 Å². The number of hydrogen-bond donors (Lipinski definition) is 2. The van der Waals surface area contributed by atoms with E-state index in [0.717, 1.165) is 32.5 Å². The van der Waals surface area contributed by atoms with E-state index in [0.29, 0.717) is 6.54 Å². The zero-order valence-corrected chi connectivity index (χ0v) is 14.9. The first-order chi connectivity index (χ1) is 9.66. The first-order valence-electron chi connectivity index (χ1n) is 7.37. The Morgan fingerprint density at radius 3 is 2.55 bits per heavy atom. The van der Waals surface area contributed by atoms with Gasteiger partial charge in [-0.05, 0) is 44.6 Å². The Morgan fingerprint density at radius 1 is 1.27 bits per heavy atom. The molecule has 0 aromatic heterocycles. The number of halogens is 2. The van der Waals surface area contributed by atoms with Crippen molar-refractivity contribution >= 4 is 30.7 Å². The van der Waals surface area contributed by atoms with E-state index in [1.165, 1.54) is 11.1 Å². The van der Waals surface area contributed by atoms with Crippen LogP contribution in [0.4, 0.5) is 0 Å². The second kappa shape index (κ2) is 10.8. The second-order valence-corrected chi connectivity index (χ2v) is 5.77. The molecule has 1 aliphatic rings. The molecule has 0 spiro atoms. The van der Waals surface area contributed by atoms with Crippen molar-refractivity contribution in [3.63, 3.8) is 0 Å². The molecule has 0 saturated carbocycles. The van der Waals surface area contributed by atoms with Crippen molar-refractivity contribution in [2.75, 3.05) is 27.2 Å². The molecule has 2 N–H and O–H groups in total. The smallest absolute Gasteiger partial charge is 0.224 e. The summed E-state index contributed by atoms with van der Waals surface area (Å²) in [5.74, 6) is 0.307. The number of piperidine rings is 1. The number of rotatable bonds is 5. The highest BCUT2D eigenvalue weighted by atomic mass is 35.5. The third-order valence-electron chi connectivity index (χ3n) is 3.73. The molecule has 1 aromatic rings. The van der Waals surface area contributed by atoms with Gasteiger partial charge in [0.15, 0.2) is 0 Å². The zero-order valence-electron chi connectivity index (χ0n) is 13.3. The maximum absolute atomic E-state index is 12.1. The van der Waals surface area contributed by atoms with Crippen LogP contribution in [0.15, 0.2) is 24.3 Å². The fourth-order valence-corrected chi connectivity index (χ4v) is 2.63. The van der Waals surface area contributed by atoms with E-state index in [9.17, 15) is 4.79 Å². The lowest BCUT2D eigenvalue weighted by Gasteiger charge is -2.22.